The largest absolute Gasteiger partial charge is 0.493 e. The number of nitrogens with zero attached hydrogens (tertiary/aromatic N) is 3. The predicted molar refractivity (Wildman–Crippen MR) is 165 cm³/mol. The van der Waals surface area contributed by atoms with Gasteiger partial charge in [0.2, 0.25) is 11.8 Å². The second-order valence-electron chi connectivity index (χ2n) is 10.4. The van der Waals surface area contributed by atoms with Gasteiger partial charge in [0.1, 0.15) is 5.82 Å². The molecule has 0 radical (unpaired) electrons. The van der Waals surface area contributed by atoms with Gasteiger partial charge >= 0.3 is 0 Å². The van der Waals surface area contributed by atoms with Gasteiger partial charge in [-0.1, -0.05) is 30.3 Å². The van der Waals surface area contributed by atoms with Crippen molar-refractivity contribution in [3.8, 4) is 22.8 Å². The lowest BCUT2D eigenvalue weighted by Gasteiger charge is -2.31. The fraction of sp³-hybridized carbons (Fsp3) is 0.273. The number of rotatable bonds is 11. The highest BCUT2D eigenvalue weighted by molar-refractivity contribution is 5.93. The molecular weight excluding hydrogens is 544 g/mol. The molecular formula is C33H36N6O4. The molecule has 1 aromatic heterocycles. The Labute approximate surface area is 251 Å². The van der Waals surface area contributed by atoms with Crippen molar-refractivity contribution in [3.05, 3.63) is 106 Å². The molecule has 2 atom stereocenters. The molecule has 0 aliphatic rings. The molecule has 3 aromatic carbocycles. The maximum absolute atomic E-state index is 14.1. The zero-order valence-corrected chi connectivity index (χ0v) is 25.0. The van der Waals surface area contributed by atoms with Gasteiger partial charge < -0.3 is 30.8 Å². The highest BCUT2D eigenvalue weighted by atomic mass is 16.5. The third-order valence-corrected chi connectivity index (χ3v) is 7.58. The standard InChI is InChI=1S/C33H36N6O4/c1-19-13-23(31(35)40)14-20(2)25(19)16-26(34)33(41)39(18-22-11-12-29(42-5)30(15-22)43-6)21(3)32-37-17-28(38-32)24-9-7-8-10-27(24)36-4/h7-15,17,21,26H,16,18,34H2,1-3,5-6H3,(H2,35,40)(H,37,38)/t21-,26-/m0/s1. The molecule has 10 nitrogen and oxygen atoms in total. The molecule has 222 valence electrons. The zero-order valence-electron chi connectivity index (χ0n) is 25.0. The maximum Gasteiger partial charge on any atom is 0.248 e. The van der Waals surface area contributed by atoms with Crippen LogP contribution in [0.25, 0.3) is 16.1 Å². The highest BCUT2D eigenvalue weighted by Gasteiger charge is 2.29. The van der Waals surface area contributed by atoms with Crippen LogP contribution in [0.15, 0.2) is 60.8 Å². The Morgan fingerprint density at radius 2 is 1.72 bits per heavy atom. The minimum atomic E-state index is -0.878. The summed E-state index contributed by atoms with van der Waals surface area (Å²) in [5, 5.41) is 0. The summed E-state index contributed by atoms with van der Waals surface area (Å²) in [7, 11) is 3.12. The van der Waals surface area contributed by atoms with Crippen molar-refractivity contribution < 1.29 is 19.1 Å². The highest BCUT2D eigenvalue weighted by Crippen LogP contribution is 2.32. The first-order valence-corrected chi connectivity index (χ1v) is 13.8. The SMILES string of the molecule is [C-]#[N+]c1ccccc1-c1cnc([C@H](C)N(Cc2ccc(OC)c(OC)c2)C(=O)[C@@H](N)Cc2c(C)cc(C(N)=O)cc2C)[nH]1. The molecule has 0 saturated heterocycles. The summed E-state index contributed by atoms with van der Waals surface area (Å²) in [5.74, 6) is 0.882. The fourth-order valence-electron chi connectivity index (χ4n) is 5.19. The Morgan fingerprint density at radius 1 is 1.05 bits per heavy atom. The van der Waals surface area contributed by atoms with Crippen LogP contribution in [0.3, 0.4) is 0 Å². The average molecular weight is 581 g/mol. The quantitative estimate of drug-likeness (QED) is 0.213. The fourth-order valence-corrected chi connectivity index (χ4v) is 5.19. The molecule has 4 aromatic rings. The first-order valence-electron chi connectivity index (χ1n) is 13.8. The van der Waals surface area contributed by atoms with Crippen LogP contribution in [-0.2, 0) is 17.8 Å². The van der Waals surface area contributed by atoms with Crippen LogP contribution in [0.4, 0.5) is 5.69 Å². The Hall–Kier alpha value is -5.14. The lowest BCUT2D eigenvalue weighted by molar-refractivity contribution is -0.135. The van der Waals surface area contributed by atoms with E-state index in [9.17, 15) is 9.59 Å². The lowest BCUT2D eigenvalue weighted by atomic mass is 9.93. The number of benzene rings is 3. The van der Waals surface area contributed by atoms with E-state index in [-0.39, 0.29) is 18.9 Å². The number of nitrogens with two attached hydrogens (primary N) is 2. The van der Waals surface area contributed by atoms with Crippen molar-refractivity contribution in [3.63, 3.8) is 0 Å². The summed E-state index contributed by atoms with van der Waals surface area (Å²) in [6.07, 6.45) is 1.94. The minimum Gasteiger partial charge on any atom is -0.493 e. The van der Waals surface area contributed by atoms with E-state index in [1.807, 2.05) is 51.1 Å². The van der Waals surface area contributed by atoms with Gasteiger partial charge in [-0.05, 0) is 73.7 Å². The number of nitrogens with one attached hydrogen (secondary N) is 1. The minimum absolute atomic E-state index is 0.224. The van der Waals surface area contributed by atoms with E-state index in [0.29, 0.717) is 34.3 Å². The van der Waals surface area contributed by atoms with Gasteiger partial charge in [-0.25, -0.2) is 9.83 Å². The maximum atomic E-state index is 14.1. The summed E-state index contributed by atoms with van der Waals surface area (Å²) in [6, 6.07) is 14.8. The van der Waals surface area contributed by atoms with Crippen molar-refractivity contribution in [2.45, 2.75) is 45.8 Å². The number of carbonyl (C=O) groups is 2. The normalized spacial score (nSPS) is 12.2. The number of hydrogen-bond donors (Lipinski definition) is 3. The second kappa shape index (κ2) is 13.2. The predicted octanol–water partition coefficient (Wildman–Crippen LogP) is 5.02. The van der Waals surface area contributed by atoms with Crippen molar-refractivity contribution >= 4 is 17.5 Å². The summed E-state index contributed by atoms with van der Waals surface area (Å²) in [6.45, 7) is 13.4. The monoisotopic (exact) mass is 580 g/mol. The molecule has 43 heavy (non-hydrogen) atoms. The first kappa shape index (κ1) is 30.8. The van der Waals surface area contributed by atoms with Crippen LogP contribution in [0.2, 0.25) is 0 Å². The molecule has 4 rings (SSSR count). The van der Waals surface area contributed by atoms with Crippen molar-refractivity contribution in [2.24, 2.45) is 11.5 Å². The Bertz CT molecular complexity index is 1670. The third kappa shape index (κ3) is 6.68. The van der Waals surface area contributed by atoms with Gasteiger partial charge in [0, 0.05) is 17.7 Å². The van der Waals surface area contributed by atoms with E-state index < -0.39 is 18.0 Å². The van der Waals surface area contributed by atoms with Crippen LogP contribution < -0.4 is 20.9 Å². The number of imidazole rings is 1. The molecule has 2 amide bonds. The molecule has 0 aliphatic carbocycles. The number of aromatic amines is 1. The molecule has 0 aliphatic heterocycles. The summed E-state index contributed by atoms with van der Waals surface area (Å²) in [5.41, 5.74) is 17.8. The Balaban J connectivity index is 1.69. The van der Waals surface area contributed by atoms with Crippen molar-refractivity contribution in [1.82, 2.24) is 14.9 Å². The number of ether oxygens (including phenoxy) is 2. The number of aromatic nitrogens is 2. The number of methoxy groups -OCH3 is 2. The molecule has 0 bridgehead atoms. The van der Waals surface area contributed by atoms with E-state index in [4.69, 9.17) is 27.5 Å². The van der Waals surface area contributed by atoms with Gasteiger partial charge in [-0.15, -0.1) is 0 Å². The number of primary amides is 1. The molecule has 0 fully saturated rings. The third-order valence-electron chi connectivity index (χ3n) is 7.58. The van der Waals surface area contributed by atoms with Gasteiger partial charge in [-0.3, -0.25) is 9.59 Å². The van der Waals surface area contributed by atoms with Gasteiger partial charge in [-0.2, -0.15) is 0 Å². The number of hydrogen-bond acceptors (Lipinski definition) is 6. The van der Waals surface area contributed by atoms with Crippen LogP contribution in [0, 0.1) is 20.4 Å². The molecule has 0 saturated carbocycles. The number of amides is 2. The number of para-hydroxylation sites is 1. The van der Waals surface area contributed by atoms with Crippen LogP contribution in [0.1, 0.15) is 51.4 Å². The number of H-pyrrole nitrogens is 1. The van der Waals surface area contributed by atoms with Gasteiger partial charge in [0.05, 0.1) is 44.8 Å². The van der Waals surface area contributed by atoms with E-state index in [1.54, 1.807) is 49.6 Å². The molecule has 5 N–H and O–H groups in total. The van der Waals surface area contributed by atoms with Gasteiger partial charge in [0.25, 0.3) is 0 Å². The van der Waals surface area contributed by atoms with E-state index in [0.717, 1.165) is 27.8 Å². The summed E-state index contributed by atoms with van der Waals surface area (Å²) in [4.78, 5) is 39.0. The Kier molecular flexibility index (Phi) is 9.48. The number of aryl methyl sites for hydroxylation is 2. The molecule has 0 unspecified atom stereocenters. The smallest absolute Gasteiger partial charge is 0.248 e. The zero-order chi connectivity index (χ0) is 31.3. The van der Waals surface area contributed by atoms with Crippen molar-refractivity contribution in [2.75, 3.05) is 14.2 Å². The first-order chi connectivity index (χ1) is 20.6. The van der Waals surface area contributed by atoms with E-state index in [2.05, 4.69) is 14.8 Å². The lowest BCUT2D eigenvalue weighted by Crippen LogP contribution is -2.46. The second-order valence-corrected chi connectivity index (χ2v) is 10.4. The Morgan fingerprint density at radius 3 is 2.35 bits per heavy atom. The van der Waals surface area contributed by atoms with Crippen LogP contribution in [-0.4, -0.2) is 46.9 Å². The average Bonchev–Trinajstić information content (AvgIpc) is 3.50. The molecule has 0 spiro atoms. The topological polar surface area (TPSA) is 141 Å². The molecule has 10 heteroatoms. The summed E-state index contributed by atoms with van der Waals surface area (Å²) < 4.78 is 10.9. The summed E-state index contributed by atoms with van der Waals surface area (Å²) >= 11 is 0. The van der Waals surface area contributed by atoms with Crippen LogP contribution >= 0.6 is 0 Å². The van der Waals surface area contributed by atoms with Crippen molar-refractivity contribution in [1.29, 1.82) is 0 Å². The van der Waals surface area contributed by atoms with E-state index in [1.165, 1.54) is 0 Å². The molecule has 1 heterocycles. The van der Waals surface area contributed by atoms with Crippen LogP contribution in [0.5, 0.6) is 11.5 Å². The number of carbonyl (C=O) groups excluding carboxylic acids is 2. The van der Waals surface area contributed by atoms with Gasteiger partial charge in [0.15, 0.2) is 17.2 Å². The van der Waals surface area contributed by atoms with E-state index >= 15 is 0 Å².